The Morgan fingerprint density at radius 2 is 1.71 bits per heavy atom. The van der Waals surface area contributed by atoms with Crippen LogP contribution in [0.25, 0.3) is 0 Å². The second-order valence-corrected chi connectivity index (χ2v) is 7.55. The Kier molecular flexibility index (Phi) is 5.80. The normalized spacial score (nSPS) is 14.7. The Labute approximate surface area is 165 Å². The van der Waals surface area contributed by atoms with Crippen molar-refractivity contribution in [1.29, 1.82) is 0 Å². The fourth-order valence-corrected chi connectivity index (χ4v) is 3.87. The molecule has 0 atom stereocenters. The number of carbonyl (C=O) groups excluding carboxylic acids is 1. The highest BCUT2D eigenvalue weighted by Crippen LogP contribution is 2.32. The smallest absolute Gasteiger partial charge is 0.273 e. The second kappa shape index (κ2) is 8.83. The van der Waals surface area contributed by atoms with Crippen molar-refractivity contribution in [2.45, 2.75) is 51.1 Å². The Morgan fingerprint density at radius 1 is 0.964 bits per heavy atom. The van der Waals surface area contributed by atoms with E-state index >= 15 is 0 Å². The molecule has 0 radical (unpaired) electrons. The Bertz CT molecular complexity index is 896. The van der Waals surface area contributed by atoms with Crippen LogP contribution in [-0.2, 0) is 13.1 Å². The SMILES string of the molecule is O=C(NCc1ccc(C2CCCCC2)cc1)c1cn(Cc2ccccc2)nn1. The van der Waals surface area contributed by atoms with Crippen molar-refractivity contribution < 1.29 is 4.79 Å². The summed E-state index contributed by atoms with van der Waals surface area (Å²) < 4.78 is 1.68. The van der Waals surface area contributed by atoms with Gasteiger partial charge in [0.2, 0.25) is 0 Å². The third-order valence-electron chi connectivity index (χ3n) is 5.47. The van der Waals surface area contributed by atoms with Gasteiger partial charge in [-0.3, -0.25) is 4.79 Å². The highest BCUT2D eigenvalue weighted by molar-refractivity contribution is 5.91. The third kappa shape index (κ3) is 4.66. The van der Waals surface area contributed by atoms with Crippen LogP contribution in [0.4, 0.5) is 0 Å². The zero-order valence-corrected chi connectivity index (χ0v) is 16.1. The van der Waals surface area contributed by atoms with Gasteiger partial charge in [0, 0.05) is 6.54 Å². The minimum Gasteiger partial charge on any atom is -0.347 e. The summed E-state index contributed by atoms with van der Waals surface area (Å²) >= 11 is 0. The third-order valence-corrected chi connectivity index (χ3v) is 5.47. The predicted octanol–water partition coefficient (Wildman–Crippen LogP) is 4.30. The molecule has 1 aliphatic rings. The monoisotopic (exact) mass is 374 g/mol. The van der Waals surface area contributed by atoms with Gasteiger partial charge in [-0.25, -0.2) is 4.68 Å². The maximum absolute atomic E-state index is 12.4. The molecular weight excluding hydrogens is 348 g/mol. The van der Waals surface area contributed by atoms with E-state index in [-0.39, 0.29) is 5.91 Å². The van der Waals surface area contributed by atoms with E-state index in [1.165, 1.54) is 37.7 Å². The summed E-state index contributed by atoms with van der Waals surface area (Å²) in [5, 5.41) is 11.0. The van der Waals surface area contributed by atoms with Gasteiger partial charge in [0.15, 0.2) is 5.69 Å². The van der Waals surface area contributed by atoms with Crippen LogP contribution < -0.4 is 5.32 Å². The van der Waals surface area contributed by atoms with E-state index in [1.54, 1.807) is 10.9 Å². The first-order chi connectivity index (χ1) is 13.8. The van der Waals surface area contributed by atoms with Crippen LogP contribution in [0, 0.1) is 0 Å². The molecule has 144 valence electrons. The molecule has 1 N–H and O–H groups in total. The van der Waals surface area contributed by atoms with E-state index in [0.717, 1.165) is 11.1 Å². The number of rotatable bonds is 6. The molecule has 5 nitrogen and oxygen atoms in total. The lowest BCUT2D eigenvalue weighted by Crippen LogP contribution is -2.23. The molecule has 1 heterocycles. The first-order valence-electron chi connectivity index (χ1n) is 10.1. The van der Waals surface area contributed by atoms with Gasteiger partial charge >= 0.3 is 0 Å². The summed E-state index contributed by atoms with van der Waals surface area (Å²) in [6.45, 7) is 1.10. The second-order valence-electron chi connectivity index (χ2n) is 7.55. The molecule has 0 bridgehead atoms. The average molecular weight is 374 g/mol. The van der Waals surface area contributed by atoms with Crippen LogP contribution in [-0.4, -0.2) is 20.9 Å². The highest BCUT2D eigenvalue weighted by Gasteiger charge is 2.15. The minimum absolute atomic E-state index is 0.198. The molecule has 28 heavy (non-hydrogen) atoms. The van der Waals surface area contributed by atoms with Crippen LogP contribution >= 0.6 is 0 Å². The van der Waals surface area contributed by atoms with Crippen molar-refractivity contribution in [3.05, 3.63) is 83.2 Å². The predicted molar refractivity (Wildman–Crippen MR) is 109 cm³/mol. The molecule has 1 amide bonds. The van der Waals surface area contributed by atoms with Gasteiger partial charge in [-0.15, -0.1) is 5.10 Å². The van der Waals surface area contributed by atoms with Gasteiger partial charge in [0.25, 0.3) is 5.91 Å². The lowest BCUT2D eigenvalue weighted by molar-refractivity contribution is 0.0946. The molecule has 1 aromatic heterocycles. The van der Waals surface area contributed by atoms with Gasteiger partial charge in [0.1, 0.15) is 0 Å². The molecular formula is C23H26N4O. The van der Waals surface area contributed by atoms with Crippen LogP contribution in [0.1, 0.15) is 65.2 Å². The minimum atomic E-state index is -0.198. The lowest BCUT2D eigenvalue weighted by Gasteiger charge is -2.22. The topological polar surface area (TPSA) is 59.8 Å². The van der Waals surface area contributed by atoms with Crippen LogP contribution in [0.2, 0.25) is 0 Å². The van der Waals surface area contributed by atoms with E-state index in [2.05, 4.69) is 39.9 Å². The lowest BCUT2D eigenvalue weighted by atomic mass is 9.84. The van der Waals surface area contributed by atoms with Crippen molar-refractivity contribution in [2.75, 3.05) is 0 Å². The Hall–Kier alpha value is -2.95. The van der Waals surface area contributed by atoms with E-state index in [1.807, 2.05) is 30.3 Å². The van der Waals surface area contributed by atoms with Crippen LogP contribution in [0.3, 0.4) is 0 Å². The van der Waals surface area contributed by atoms with Gasteiger partial charge in [-0.1, -0.05) is 79.1 Å². The molecule has 1 aliphatic carbocycles. The molecule has 0 unspecified atom stereocenters. The number of carbonyl (C=O) groups is 1. The van der Waals surface area contributed by atoms with Crippen molar-refractivity contribution in [2.24, 2.45) is 0 Å². The summed E-state index contributed by atoms with van der Waals surface area (Å²) in [5.41, 5.74) is 4.00. The summed E-state index contributed by atoms with van der Waals surface area (Å²) in [6.07, 6.45) is 8.34. The van der Waals surface area contributed by atoms with Crippen molar-refractivity contribution in [1.82, 2.24) is 20.3 Å². The largest absolute Gasteiger partial charge is 0.347 e. The fraction of sp³-hybridized carbons (Fsp3) is 0.348. The first kappa shape index (κ1) is 18.4. The average Bonchev–Trinajstić information content (AvgIpc) is 3.22. The molecule has 0 spiro atoms. The molecule has 2 aromatic carbocycles. The first-order valence-corrected chi connectivity index (χ1v) is 10.1. The van der Waals surface area contributed by atoms with Crippen molar-refractivity contribution in [3.8, 4) is 0 Å². The summed E-state index contributed by atoms with van der Waals surface area (Å²) in [4.78, 5) is 12.4. The Morgan fingerprint density at radius 3 is 2.46 bits per heavy atom. The number of amides is 1. The molecule has 0 saturated heterocycles. The number of nitrogens with zero attached hydrogens (tertiary/aromatic N) is 3. The number of hydrogen-bond donors (Lipinski definition) is 1. The van der Waals surface area contributed by atoms with Crippen LogP contribution in [0.5, 0.6) is 0 Å². The maximum atomic E-state index is 12.4. The molecule has 4 rings (SSSR count). The highest BCUT2D eigenvalue weighted by atomic mass is 16.2. The number of aromatic nitrogens is 3. The molecule has 3 aromatic rings. The summed E-state index contributed by atoms with van der Waals surface area (Å²) in [6, 6.07) is 18.7. The summed E-state index contributed by atoms with van der Waals surface area (Å²) in [7, 11) is 0. The fourth-order valence-electron chi connectivity index (χ4n) is 3.87. The zero-order valence-electron chi connectivity index (χ0n) is 16.1. The zero-order chi connectivity index (χ0) is 19.2. The van der Waals surface area contributed by atoms with Gasteiger partial charge < -0.3 is 5.32 Å². The molecule has 1 fully saturated rings. The molecule has 5 heteroatoms. The molecule has 0 aliphatic heterocycles. The quantitative estimate of drug-likeness (QED) is 0.700. The van der Waals surface area contributed by atoms with Crippen molar-refractivity contribution >= 4 is 5.91 Å². The molecule has 1 saturated carbocycles. The maximum Gasteiger partial charge on any atom is 0.273 e. The summed E-state index contributed by atoms with van der Waals surface area (Å²) in [5.74, 6) is 0.507. The van der Waals surface area contributed by atoms with E-state index in [4.69, 9.17) is 0 Å². The van der Waals surface area contributed by atoms with Gasteiger partial charge in [0.05, 0.1) is 12.7 Å². The number of benzene rings is 2. The van der Waals surface area contributed by atoms with E-state index < -0.39 is 0 Å². The van der Waals surface area contributed by atoms with Gasteiger partial charge in [-0.2, -0.15) is 0 Å². The standard InChI is InChI=1S/C23H26N4O/c28-23(22-17-27(26-25-22)16-19-7-3-1-4-8-19)24-15-18-11-13-21(14-12-18)20-9-5-2-6-10-20/h1,3-4,7-8,11-14,17,20H,2,5-6,9-10,15-16H2,(H,24,28). The van der Waals surface area contributed by atoms with Crippen molar-refractivity contribution in [3.63, 3.8) is 0 Å². The number of nitrogens with one attached hydrogen (secondary N) is 1. The van der Waals surface area contributed by atoms with E-state index in [0.29, 0.717) is 24.7 Å². The number of hydrogen-bond acceptors (Lipinski definition) is 3. The van der Waals surface area contributed by atoms with E-state index in [9.17, 15) is 4.79 Å². The van der Waals surface area contributed by atoms with Gasteiger partial charge in [-0.05, 0) is 35.4 Å². The van der Waals surface area contributed by atoms with Crippen LogP contribution in [0.15, 0.2) is 60.8 Å². The Balaban J connectivity index is 1.30.